The molecule has 178 valence electrons. The molecular formula is C25H19ClN8OS. The third-order valence-electron chi connectivity index (χ3n) is 6.38. The lowest BCUT2D eigenvalue weighted by Gasteiger charge is -2.29. The second kappa shape index (κ2) is 8.66. The Labute approximate surface area is 214 Å². The first-order chi connectivity index (χ1) is 17.8. The van der Waals surface area contributed by atoms with E-state index in [4.69, 9.17) is 21.3 Å². The van der Waals surface area contributed by atoms with Gasteiger partial charge in [-0.15, -0.1) is 11.3 Å². The normalized spacial score (nSPS) is 14.2. The Hall–Kier alpha value is -3.86. The van der Waals surface area contributed by atoms with Crippen molar-refractivity contribution in [2.75, 3.05) is 31.2 Å². The number of halogens is 1. The number of aromatic nitrogens is 7. The Bertz CT molecular complexity index is 1690. The number of thiazole rings is 1. The molecular weight excluding hydrogens is 496 g/mol. The fraction of sp³-hybridized carbons (Fsp3) is 0.160. The first kappa shape index (κ1) is 21.4. The highest BCUT2D eigenvalue weighted by Gasteiger charge is 2.24. The highest BCUT2D eigenvalue weighted by molar-refractivity contribution is 7.13. The van der Waals surface area contributed by atoms with Crippen molar-refractivity contribution in [3.63, 3.8) is 0 Å². The third-order valence-corrected chi connectivity index (χ3v) is 7.46. The second-order valence-electron chi connectivity index (χ2n) is 8.40. The van der Waals surface area contributed by atoms with E-state index in [1.165, 1.54) is 6.33 Å². The van der Waals surface area contributed by atoms with Crippen molar-refractivity contribution in [2.45, 2.75) is 0 Å². The van der Waals surface area contributed by atoms with Crippen molar-refractivity contribution in [2.24, 2.45) is 0 Å². The van der Waals surface area contributed by atoms with Gasteiger partial charge in [0.2, 0.25) is 0 Å². The average molecular weight is 515 g/mol. The summed E-state index contributed by atoms with van der Waals surface area (Å²) in [6, 6.07) is 12.2. The van der Waals surface area contributed by atoms with Crippen molar-refractivity contribution >= 4 is 50.6 Å². The molecule has 0 atom stereocenters. The number of para-hydroxylation sites is 1. The smallest absolute Gasteiger partial charge is 0.157 e. The van der Waals surface area contributed by atoms with E-state index >= 15 is 0 Å². The van der Waals surface area contributed by atoms with Gasteiger partial charge in [0.1, 0.15) is 11.8 Å². The lowest BCUT2D eigenvalue weighted by atomic mass is 10.1. The number of hydrogen-bond donors (Lipinski definition) is 1. The zero-order valence-corrected chi connectivity index (χ0v) is 20.5. The van der Waals surface area contributed by atoms with E-state index in [1.807, 2.05) is 36.0 Å². The number of nitrogens with one attached hydrogen (secondary N) is 1. The van der Waals surface area contributed by atoms with Gasteiger partial charge in [-0.3, -0.25) is 19.6 Å². The Morgan fingerprint density at radius 2 is 1.97 bits per heavy atom. The number of fused-ring (bicyclic) bond motifs is 2. The van der Waals surface area contributed by atoms with E-state index in [9.17, 15) is 0 Å². The molecule has 9 nitrogen and oxygen atoms in total. The van der Waals surface area contributed by atoms with Crippen LogP contribution in [0.4, 0.5) is 5.69 Å². The van der Waals surface area contributed by atoms with E-state index < -0.39 is 0 Å². The molecule has 0 radical (unpaired) electrons. The highest BCUT2D eigenvalue weighted by Crippen LogP contribution is 2.39. The van der Waals surface area contributed by atoms with Crippen molar-refractivity contribution < 1.29 is 4.74 Å². The average Bonchev–Trinajstić information content (AvgIpc) is 3.70. The molecule has 2 aromatic carbocycles. The highest BCUT2D eigenvalue weighted by atomic mass is 35.5. The molecule has 0 unspecified atom stereocenters. The number of H-pyrrole nitrogens is 1. The van der Waals surface area contributed by atoms with Gasteiger partial charge in [-0.25, -0.2) is 9.97 Å². The summed E-state index contributed by atoms with van der Waals surface area (Å²) in [7, 11) is 0. The van der Waals surface area contributed by atoms with E-state index in [1.54, 1.807) is 17.5 Å². The fourth-order valence-corrected chi connectivity index (χ4v) is 5.56. The molecule has 0 aliphatic carbocycles. The molecule has 1 saturated heterocycles. The molecule has 0 spiro atoms. The monoisotopic (exact) mass is 514 g/mol. The maximum atomic E-state index is 6.53. The summed E-state index contributed by atoms with van der Waals surface area (Å²) in [4.78, 5) is 21.8. The van der Waals surface area contributed by atoms with Crippen molar-refractivity contribution in [3.05, 3.63) is 65.7 Å². The number of nitrogens with zero attached hydrogens (tertiary/aromatic N) is 7. The maximum absolute atomic E-state index is 6.53. The number of aromatic amines is 1. The number of hydrogen-bond acceptors (Lipinski definition) is 8. The molecule has 1 N–H and O–H groups in total. The summed E-state index contributed by atoms with van der Waals surface area (Å²) >= 11 is 8.08. The Morgan fingerprint density at radius 3 is 2.78 bits per heavy atom. The molecule has 1 aliphatic heterocycles. The largest absolute Gasteiger partial charge is 0.378 e. The number of morpholine rings is 1. The molecule has 5 heterocycles. The SMILES string of the molecule is Clc1cccc2c(-n3c(-c4cncs4)nc4c(-c5ncn[nH]5)cc(N5CCOCC5)cc43)ccnc12. The summed E-state index contributed by atoms with van der Waals surface area (Å²) in [5.41, 5.74) is 7.22. The van der Waals surface area contributed by atoms with Gasteiger partial charge >= 0.3 is 0 Å². The van der Waals surface area contributed by atoms with E-state index in [2.05, 4.69) is 46.7 Å². The van der Waals surface area contributed by atoms with Crippen LogP contribution in [-0.2, 0) is 4.74 Å². The molecule has 0 bridgehead atoms. The Morgan fingerprint density at radius 1 is 1.06 bits per heavy atom. The number of ether oxygens (including phenoxy) is 1. The van der Waals surface area contributed by atoms with Crippen LogP contribution in [-0.4, -0.2) is 61.0 Å². The third kappa shape index (κ3) is 3.45. The zero-order chi connectivity index (χ0) is 24.1. The summed E-state index contributed by atoms with van der Waals surface area (Å²) in [6.07, 6.45) is 5.15. The van der Waals surface area contributed by atoms with Gasteiger partial charge in [0.25, 0.3) is 0 Å². The van der Waals surface area contributed by atoms with Crippen LogP contribution in [0.3, 0.4) is 0 Å². The molecule has 11 heteroatoms. The predicted octanol–water partition coefficient (Wildman–Crippen LogP) is 4.97. The second-order valence-corrected chi connectivity index (χ2v) is 9.69. The minimum absolute atomic E-state index is 0.606. The van der Waals surface area contributed by atoms with Gasteiger partial charge in [-0.1, -0.05) is 23.7 Å². The lowest BCUT2D eigenvalue weighted by molar-refractivity contribution is 0.122. The number of benzene rings is 2. The molecule has 0 saturated carbocycles. The van der Waals surface area contributed by atoms with Crippen molar-refractivity contribution in [1.29, 1.82) is 0 Å². The Kier molecular flexibility index (Phi) is 5.16. The van der Waals surface area contributed by atoms with Crippen LogP contribution in [0.1, 0.15) is 0 Å². The van der Waals surface area contributed by atoms with Crippen LogP contribution in [0.5, 0.6) is 0 Å². The van der Waals surface area contributed by atoms with Crippen LogP contribution in [0.15, 0.2) is 60.6 Å². The van der Waals surface area contributed by atoms with Gasteiger partial charge < -0.3 is 9.64 Å². The summed E-state index contributed by atoms with van der Waals surface area (Å²) in [6.45, 7) is 3.00. The molecule has 1 fully saturated rings. The van der Waals surface area contributed by atoms with E-state index in [-0.39, 0.29) is 0 Å². The standard InChI is InChI=1S/C25H19ClN8OS/c26-18-3-1-2-16-19(4-5-28-22(16)18)34-20-11-15(33-6-8-35-9-7-33)10-17(24-29-13-30-32-24)23(20)31-25(34)21-12-27-14-36-21/h1-5,10-14H,6-9H2,(H,29,30,32). The van der Waals surface area contributed by atoms with Crippen LogP contribution in [0, 0.1) is 0 Å². The van der Waals surface area contributed by atoms with Gasteiger partial charge in [0.05, 0.1) is 45.3 Å². The number of pyridine rings is 1. The molecule has 36 heavy (non-hydrogen) atoms. The first-order valence-corrected chi connectivity index (χ1v) is 12.7. The van der Waals surface area contributed by atoms with Crippen LogP contribution in [0.2, 0.25) is 5.02 Å². The predicted molar refractivity (Wildman–Crippen MR) is 141 cm³/mol. The Balaban J connectivity index is 1.59. The van der Waals surface area contributed by atoms with E-state index in [0.29, 0.717) is 24.1 Å². The zero-order valence-electron chi connectivity index (χ0n) is 18.9. The number of anilines is 1. The molecule has 4 aromatic heterocycles. The lowest BCUT2D eigenvalue weighted by Crippen LogP contribution is -2.36. The van der Waals surface area contributed by atoms with Crippen LogP contribution < -0.4 is 4.90 Å². The molecule has 0 amide bonds. The number of rotatable bonds is 4. The summed E-state index contributed by atoms with van der Waals surface area (Å²) in [5, 5.41) is 8.67. The van der Waals surface area contributed by atoms with E-state index in [0.717, 1.165) is 62.7 Å². The van der Waals surface area contributed by atoms with Gasteiger partial charge in [-0.2, -0.15) is 5.10 Å². The van der Waals surface area contributed by atoms with Crippen molar-refractivity contribution in [1.82, 2.24) is 34.7 Å². The van der Waals surface area contributed by atoms with Crippen LogP contribution in [0.25, 0.3) is 49.7 Å². The first-order valence-electron chi connectivity index (χ1n) is 11.5. The minimum Gasteiger partial charge on any atom is -0.378 e. The van der Waals surface area contributed by atoms with Crippen LogP contribution >= 0.6 is 22.9 Å². The molecule has 6 aromatic rings. The summed E-state index contributed by atoms with van der Waals surface area (Å²) in [5.74, 6) is 1.46. The van der Waals surface area contributed by atoms with Crippen molar-refractivity contribution in [3.8, 4) is 27.8 Å². The molecule has 7 rings (SSSR count). The number of imidazole rings is 1. The summed E-state index contributed by atoms with van der Waals surface area (Å²) < 4.78 is 7.78. The van der Waals surface area contributed by atoms with Gasteiger partial charge in [0.15, 0.2) is 11.6 Å². The van der Waals surface area contributed by atoms with Gasteiger partial charge in [0, 0.05) is 42.1 Å². The minimum atomic E-state index is 0.606. The fourth-order valence-electron chi connectivity index (χ4n) is 4.74. The topological polar surface area (TPSA) is 97.6 Å². The maximum Gasteiger partial charge on any atom is 0.157 e. The molecule has 1 aliphatic rings. The van der Waals surface area contributed by atoms with Gasteiger partial charge in [-0.05, 0) is 24.3 Å². The quantitative estimate of drug-likeness (QED) is 0.354.